The van der Waals surface area contributed by atoms with E-state index in [9.17, 15) is 4.79 Å². The van der Waals surface area contributed by atoms with Crippen molar-refractivity contribution in [2.75, 3.05) is 13.1 Å². The highest BCUT2D eigenvalue weighted by Crippen LogP contribution is 2.46. The molecule has 0 unspecified atom stereocenters. The second-order valence-corrected chi connectivity index (χ2v) is 6.09. The molecule has 0 atom stereocenters. The van der Waals surface area contributed by atoms with Gasteiger partial charge in [0.15, 0.2) is 0 Å². The zero-order valence-electron chi connectivity index (χ0n) is 12.7. The number of aromatic nitrogens is 1. The van der Waals surface area contributed by atoms with Crippen molar-refractivity contribution in [3.05, 3.63) is 29.6 Å². The molecule has 0 bridgehead atoms. The van der Waals surface area contributed by atoms with Crippen LogP contribution in [0.1, 0.15) is 38.1 Å². The molecular formula is C16H25N3O. The minimum atomic E-state index is -0.320. The van der Waals surface area contributed by atoms with E-state index in [1.165, 1.54) is 0 Å². The van der Waals surface area contributed by atoms with Gasteiger partial charge in [-0.25, -0.2) is 0 Å². The maximum absolute atomic E-state index is 12.8. The standard InChI is InChI=1S/C16H25N3O/c1-4-19(10-14-7-5-6-13(3)18-14)15(20)16(11-17)8-12(2)9-16/h5-7,12H,4,8-11,17H2,1-3H3. The Morgan fingerprint density at radius 3 is 2.70 bits per heavy atom. The number of hydrogen-bond donors (Lipinski definition) is 1. The molecule has 4 heteroatoms. The van der Waals surface area contributed by atoms with E-state index in [2.05, 4.69) is 11.9 Å². The number of aryl methyl sites for hydroxylation is 1. The zero-order valence-corrected chi connectivity index (χ0v) is 12.7. The Morgan fingerprint density at radius 2 is 2.20 bits per heavy atom. The van der Waals surface area contributed by atoms with Crippen LogP contribution in [0, 0.1) is 18.3 Å². The topological polar surface area (TPSA) is 59.2 Å². The Labute approximate surface area is 121 Å². The molecule has 1 aliphatic carbocycles. The van der Waals surface area contributed by atoms with Gasteiger partial charge < -0.3 is 10.6 Å². The molecule has 1 aromatic rings. The predicted molar refractivity (Wildman–Crippen MR) is 80.0 cm³/mol. The summed E-state index contributed by atoms with van der Waals surface area (Å²) in [4.78, 5) is 19.1. The highest BCUT2D eigenvalue weighted by Gasteiger charge is 2.48. The maximum Gasteiger partial charge on any atom is 0.230 e. The molecule has 1 aliphatic rings. The largest absolute Gasteiger partial charge is 0.337 e. The fourth-order valence-electron chi connectivity index (χ4n) is 3.25. The number of carbonyl (C=O) groups is 1. The molecule has 2 rings (SSSR count). The van der Waals surface area contributed by atoms with Gasteiger partial charge >= 0.3 is 0 Å². The lowest BCUT2D eigenvalue weighted by atomic mass is 9.62. The number of nitrogens with two attached hydrogens (primary N) is 1. The van der Waals surface area contributed by atoms with Gasteiger partial charge in [-0.2, -0.15) is 0 Å². The van der Waals surface area contributed by atoms with Gasteiger partial charge in [-0.15, -0.1) is 0 Å². The fourth-order valence-corrected chi connectivity index (χ4v) is 3.25. The molecule has 1 heterocycles. The second-order valence-electron chi connectivity index (χ2n) is 6.09. The summed E-state index contributed by atoms with van der Waals surface area (Å²) >= 11 is 0. The van der Waals surface area contributed by atoms with Crippen molar-refractivity contribution in [3.8, 4) is 0 Å². The predicted octanol–water partition coefficient (Wildman–Crippen LogP) is 2.11. The van der Waals surface area contributed by atoms with Crippen molar-refractivity contribution in [2.24, 2.45) is 17.1 Å². The van der Waals surface area contributed by atoms with Gasteiger partial charge in [0.25, 0.3) is 0 Å². The number of amides is 1. The van der Waals surface area contributed by atoms with E-state index < -0.39 is 0 Å². The van der Waals surface area contributed by atoms with Crippen LogP contribution < -0.4 is 5.73 Å². The molecule has 0 spiro atoms. The van der Waals surface area contributed by atoms with Gasteiger partial charge in [-0.05, 0) is 44.7 Å². The van der Waals surface area contributed by atoms with Crippen LogP contribution in [-0.4, -0.2) is 28.9 Å². The summed E-state index contributed by atoms with van der Waals surface area (Å²) in [5.74, 6) is 0.808. The number of hydrogen-bond acceptors (Lipinski definition) is 3. The molecule has 0 radical (unpaired) electrons. The van der Waals surface area contributed by atoms with Gasteiger partial charge in [0.1, 0.15) is 0 Å². The number of pyridine rings is 1. The van der Waals surface area contributed by atoms with Gasteiger partial charge in [0, 0.05) is 18.8 Å². The Balaban J connectivity index is 2.10. The highest BCUT2D eigenvalue weighted by atomic mass is 16.2. The Morgan fingerprint density at radius 1 is 1.50 bits per heavy atom. The quantitative estimate of drug-likeness (QED) is 0.895. The maximum atomic E-state index is 12.8. The van der Waals surface area contributed by atoms with Crippen LogP contribution >= 0.6 is 0 Å². The van der Waals surface area contributed by atoms with E-state index in [0.717, 1.165) is 24.2 Å². The van der Waals surface area contributed by atoms with Crippen molar-refractivity contribution in [1.29, 1.82) is 0 Å². The van der Waals surface area contributed by atoms with Crippen LogP contribution in [0.15, 0.2) is 18.2 Å². The average Bonchev–Trinajstić information content (AvgIpc) is 2.40. The van der Waals surface area contributed by atoms with Crippen molar-refractivity contribution in [3.63, 3.8) is 0 Å². The lowest BCUT2D eigenvalue weighted by Gasteiger charge is -2.46. The molecule has 0 aliphatic heterocycles. The summed E-state index contributed by atoms with van der Waals surface area (Å²) < 4.78 is 0. The molecule has 0 aromatic carbocycles. The molecule has 20 heavy (non-hydrogen) atoms. The summed E-state index contributed by atoms with van der Waals surface area (Å²) in [5, 5.41) is 0. The summed E-state index contributed by atoms with van der Waals surface area (Å²) in [6.07, 6.45) is 1.83. The molecule has 1 amide bonds. The van der Waals surface area contributed by atoms with Crippen LogP contribution in [0.5, 0.6) is 0 Å². The highest BCUT2D eigenvalue weighted by molar-refractivity contribution is 5.84. The smallest absolute Gasteiger partial charge is 0.230 e. The summed E-state index contributed by atoms with van der Waals surface area (Å²) in [6, 6.07) is 5.93. The van der Waals surface area contributed by atoms with Gasteiger partial charge in [0.05, 0.1) is 17.7 Å². The van der Waals surface area contributed by atoms with Crippen LogP contribution in [0.4, 0.5) is 0 Å². The molecule has 1 saturated carbocycles. The first-order chi connectivity index (χ1) is 9.50. The van der Waals surface area contributed by atoms with Crippen molar-refractivity contribution < 1.29 is 4.79 Å². The SMILES string of the molecule is CCN(Cc1cccc(C)n1)C(=O)C1(CN)CC(C)C1. The second kappa shape index (κ2) is 5.92. The van der Waals surface area contributed by atoms with Crippen LogP contribution in [-0.2, 0) is 11.3 Å². The van der Waals surface area contributed by atoms with E-state index >= 15 is 0 Å². The molecule has 1 fully saturated rings. The van der Waals surface area contributed by atoms with E-state index in [-0.39, 0.29) is 11.3 Å². The molecule has 110 valence electrons. The fraction of sp³-hybridized carbons (Fsp3) is 0.625. The lowest BCUT2D eigenvalue weighted by Crippen LogP contribution is -2.54. The summed E-state index contributed by atoms with van der Waals surface area (Å²) in [6.45, 7) is 7.89. The Bertz CT molecular complexity index is 480. The third-order valence-electron chi connectivity index (χ3n) is 4.29. The van der Waals surface area contributed by atoms with Crippen molar-refractivity contribution in [1.82, 2.24) is 9.88 Å². The zero-order chi connectivity index (χ0) is 14.8. The number of nitrogens with zero attached hydrogens (tertiary/aromatic N) is 2. The lowest BCUT2D eigenvalue weighted by molar-refractivity contribution is -0.150. The van der Waals surface area contributed by atoms with Crippen LogP contribution in [0.2, 0.25) is 0 Å². The molecule has 1 aromatic heterocycles. The first kappa shape index (κ1) is 15.0. The number of carbonyl (C=O) groups excluding carboxylic acids is 1. The van der Waals surface area contributed by atoms with Crippen molar-refractivity contribution >= 4 is 5.91 Å². The summed E-state index contributed by atoms with van der Waals surface area (Å²) in [5.41, 5.74) is 7.49. The van der Waals surface area contributed by atoms with E-state index in [0.29, 0.717) is 25.6 Å². The van der Waals surface area contributed by atoms with Gasteiger partial charge in [-0.3, -0.25) is 9.78 Å². The molecule has 4 nitrogen and oxygen atoms in total. The van der Waals surface area contributed by atoms with Gasteiger partial charge in [-0.1, -0.05) is 13.0 Å². The normalized spacial score (nSPS) is 25.1. The monoisotopic (exact) mass is 275 g/mol. The first-order valence-corrected chi connectivity index (χ1v) is 7.42. The number of rotatable bonds is 5. The third-order valence-corrected chi connectivity index (χ3v) is 4.29. The van der Waals surface area contributed by atoms with Crippen molar-refractivity contribution in [2.45, 2.75) is 40.2 Å². The average molecular weight is 275 g/mol. The van der Waals surface area contributed by atoms with E-state index in [1.807, 2.05) is 36.9 Å². The Hall–Kier alpha value is -1.42. The van der Waals surface area contributed by atoms with E-state index in [4.69, 9.17) is 5.73 Å². The summed E-state index contributed by atoms with van der Waals surface area (Å²) in [7, 11) is 0. The molecule has 0 saturated heterocycles. The molecule has 2 N–H and O–H groups in total. The van der Waals surface area contributed by atoms with Crippen LogP contribution in [0.3, 0.4) is 0 Å². The third kappa shape index (κ3) is 2.85. The first-order valence-electron chi connectivity index (χ1n) is 7.42. The molecular weight excluding hydrogens is 250 g/mol. The van der Waals surface area contributed by atoms with E-state index in [1.54, 1.807) is 0 Å². The Kier molecular flexibility index (Phi) is 4.43. The minimum absolute atomic E-state index is 0.198. The minimum Gasteiger partial charge on any atom is -0.337 e. The van der Waals surface area contributed by atoms with Gasteiger partial charge in [0.2, 0.25) is 5.91 Å². The van der Waals surface area contributed by atoms with Crippen LogP contribution in [0.25, 0.3) is 0 Å².